The lowest BCUT2D eigenvalue weighted by Gasteiger charge is -2.20. The third kappa shape index (κ3) is 1.44. The molecule has 1 rings (SSSR count). The monoisotopic (exact) mass is 128 g/mol. The van der Waals surface area contributed by atoms with E-state index in [4.69, 9.17) is 4.74 Å². The van der Waals surface area contributed by atoms with Crippen molar-refractivity contribution in [3.8, 4) is 0 Å². The van der Waals surface area contributed by atoms with E-state index in [2.05, 4.69) is 0 Å². The van der Waals surface area contributed by atoms with Gasteiger partial charge in [-0.2, -0.15) is 0 Å². The van der Waals surface area contributed by atoms with Crippen molar-refractivity contribution in [3.05, 3.63) is 0 Å². The lowest BCUT2D eigenvalue weighted by Crippen LogP contribution is -2.23. The van der Waals surface area contributed by atoms with Crippen LogP contribution in [0.2, 0.25) is 0 Å². The minimum Gasteiger partial charge on any atom is -0.462 e. The normalized spacial score (nSPS) is 23.7. The van der Waals surface area contributed by atoms with E-state index < -0.39 is 0 Å². The van der Waals surface area contributed by atoms with Crippen molar-refractivity contribution >= 4 is 6.47 Å². The molecule has 0 aliphatic heterocycles. The number of carbonyl (C=O) groups is 1. The van der Waals surface area contributed by atoms with Crippen LogP contribution in [0, 0.1) is 0 Å². The molecule has 0 heterocycles. The van der Waals surface area contributed by atoms with Gasteiger partial charge in [0.2, 0.25) is 0 Å². The Labute approximate surface area is 55.2 Å². The largest absolute Gasteiger partial charge is 0.462 e. The summed E-state index contributed by atoms with van der Waals surface area (Å²) in [5.41, 5.74) is -0.123. The molecule has 2 nitrogen and oxygen atoms in total. The van der Waals surface area contributed by atoms with Gasteiger partial charge in [-0.05, 0) is 32.6 Å². The lowest BCUT2D eigenvalue weighted by molar-refractivity contribution is -0.141. The maximum absolute atomic E-state index is 9.94. The van der Waals surface area contributed by atoms with Crippen LogP contribution in [0.3, 0.4) is 0 Å². The van der Waals surface area contributed by atoms with E-state index in [1.807, 2.05) is 6.92 Å². The van der Waals surface area contributed by atoms with Gasteiger partial charge in [0.05, 0.1) is 0 Å². The fourth-order valence-electron chi connectivity index (χ4n) is 1.36. The highest BCUT2D eigenvalue weighted by Gasteiger charge is 2.29. The summed E-state index contributed by atoms with van der Waals surface area (Å²) in [6.45, 7) is 2.56. The Bertz CT molecular complexity index is 103. The molecular weight excluding hydrogens is 116 g/mol. The van der Waals surface area contributed by atoms with Crippen molar-refractivity contribution in [1.82, 2.24) is 0 Å². The number of ether oxygens (including phenoxy) is 1. The van der Waals surface area contributed by atoms with Crippen molar-refractivity contribution in [2.75, 3.05) is 0 Å². The molecule has 0 bridgehead atoms. The van der Waals surface area contributed by atoms with Crippen molar-refractivity contribution in [1.29, 1.82) is 0 Å². The first-order valence-electron chi connectivity index (χ1n) is 3.38. The molecule has 0 aromatic carbocycles. The van der Waals surface area contributed by atoms with E-state index in [0.29, 0.717) is 6.47 Å². The zero-order valence-corrected chi connectivity index (χ0v) is 5.72. The third-order valence-electron chi connectivity index (χ3n) is 1.99. The lowest BCUT2D eigenvalue weighted by atomic mass is 10.1. The van der Waals surface area contributed by atoms with E-state index in [9.17, 15) is 4.79 Å². The van der Waals surface area contributed by atoms with Crippen LogP contribution in [0.25, 0.3) is 0 Å². The Balaban J connectivity index is 2.40. The van der Waals surface area contributed by atoms with Crippen LogP contribution < -0.4 is 0 Å². The molecule has 0 amide bonds. The molecule has 52 valence electrons. The number of rotatable bonds is 2. The van der Waals surface area contributed by atoms with Crippen LogP contribution in [0.1, 0.15) is 32.6 Å². The average molecular weight is 128 g/mol. The molecule has 1 aliphatic carbocycles. The standard InChI is InChI=1S/C7H12O2/c1-7(9-6-8)4-2-3-5-7/h6H,2-5H2,1H3. The molecule has 9 heavy (non-hydrogen) atoms. The third-order valence-corrected chi connectivity index (χ3v) is 1.99. The van der Waals surface area contributed by atoms with Gasteiger partial charge < -0.3 is 4.74 Å². The molecule has 1 aliphatic rings. The summed E-state index contributed by atoms with van der Waals surface area (Å²) >= 11 is 0. The maximum Gasteiger partial charge on any atom is 0.293 e. The van der Waals surface area contributed by atoms with Gasteiger partial charge in [0.1, 0.15) is 5.60 Å². The molecular formula is C7H12O2. The number of hydrogen-bond acceptors (Lipinski definition) is 2. The first-order chi connectivity index (χ1) is 4.27. The molecule has 0 aromatic rings. The molecule has 0 spiro atoms. The highest BCUT2D eigenvalue weighted by molar-refractivity contribution is 5.38. The van der Waals surface area contributed by atoms with E-state index in [1.54, 1.807) is 0 Å². The van der Waals surface area contributed by atoms with Crippen molar-refractivity contribution in [2.45, 2.75) is 38.2 Å². The Kier molecular flexibility index (Phi) is 1.74. The SMILES string of the molecule is CC1(OC=O)CCCC1. The molecule has 1 fully saturated rings. The maximum atomic E-state index is 9.94. The first kappa shape index (κ1) is 6.59. The predicted molar refractivity (Wildman–Crippen MR) is 34.0 cm³/mol. The van der Waals surface area contributed by atoms with Gasteiger partial charge in [-0.15, -0.1) is 0 Å². The second kappa shape index (κ2) is 2.38. The molecule has 1 saturated carbocycles. The van der Waals surface area contributed by atoms with Crippen molar-refractivity contribution in [3.63, 3.8) is 0 Å². The van der Waals surface area contributed by atoms with Crippen LogP contribution in [-0.2, 0) is 9.53 Å². The Hall–Kier alpha value is -0.530. The van der Waals surface area contributed by atoms with Gasteiger partial charge >= 0.3 is 0 Å². The van der Waals surface area contributed by atoms with Gasteiger partial charge in [0.15, 0.2) is 0 Å². The second-order valence-electron chi connectivity index (χ2n) is 2.87. The topological polar surface area (TPSA) is 26.3 Å². The van der Waals surface area contributed by atoms with Gasteiger partial charge in [0.25, 0.3) is 6.47 Å². The summed E-state index contributed by atoms with van der Waals surface area (Å²) in [6.07, 6.45) is 4.46. The summed E-state index contributed by atoms with van der Waals surface area (Å²) in [7, 11) is 0. The van der Waals surface area contributed by atoms with Crippen LogP contribution in [0.15, 0.2) is 0 Å². The fourth-order valence-corrected chi connectivity index (χ4v) is 1.36. The molecule has 0 radical (unpaired) electrons. The van der Waals surface area contributed by atoms with E-state index >= 15 is 0 Å². The minimum absolute atomic E-state index is 0.123. The van der Waals surface area contributed by atoms with Crippen molar-refractivity contribution < 1.29 is 9.53 Å². The van der Waals surface area contributed by atoms with E-state index in [0.717, 1.165) is 12.8 Å². The zero-order valence-electron chi connectivity index (χ0n) is 5.72. The first-order valence-corrected chi connectivity index (χ1v) is 3.38. The predicted octanol–water partition coefficient (Wildman–Crippen LogP) is 1.49. The molecule has 0 N–H and O–H groups in total. The molecule has 0 aromatic heterocycles. The van der Waals surface area contributed by atoms with E-state index in [1.165, 1.54) is 12.8 Å². The van der Waals surface area contributed by atoms with Gasteiger partial charge in [-0.3, -0.25) is 4.79 Å². The molecule has 0 saturated heterocycles. The summed E-state index contributed by atoms with van der Waals surface area (Å²) in [6, 6.07) is 0. The molecule has 0 atom stereocenters. The van der Waals surface area contributed by atoms with Gasteiger partial charge in [-0.25, -0.2) is 0 Å². The fraction of sp³-hybridized carbons (Fsp3) is 0.857. The molecule has 2 heteroatoms. The summed E-state index contributed by atoms with van der Waals surface area (Å²) in [5, 5.41) is 0. The van der Waals surface area contributed by atoms with Crippen LogP contribution in [0.5, 0.6) is 0 Å². The van der Waals surface area contributed by atoms with Gasteiger partial charge in [-0.1, -0.05) is 0 Å². The van der Waals surface area contributed by atoms with Crippen LogP contribution in [0.4, 0.5) is 0 Å². The second-order valence-corrected chi connectivity index (χ2v) is 2.87. The number of hydrogen-bond donors (Lipinski definition) is 0. The quantitative estimate of drug-likeness (QED) is 0.527. The Morgan fingerprint density at radius 2 is 2.00 bits per heavy atom. The average Bonchev–Trinajstić information content (AvgIpc) is 2.16. The Morgan fingerprint density at radius 3 is 2.44 bits per heavy atom. The zero-order chi connectivity index (χ0) is 6.74. The van der Waals surface area contributed by atoms with Crippen LogP contribution >= 0.6 is 0 Å². The highest BCUT2D eigenvalue weighted by Crippen LogP contribution is 2.31. The summed E-state index contributed by atoms with van der Waals surface area (Å²) in [5.74, 6) is 0. The summed E-state index contributed by atoms with van der Waals surface area (Å²) in [4.78, 5) is 9.94. The molecule has 0 unspecified atom stereocenters. The summed E-state index contributed by atoms with van der Waals surface area (Å²) < 4.78 is 4.91. The van der Waals surface area contributed by atoms with Crippen molar-refractivity contribution in [2.24, 2.45) is 0 Å². The minimum atomic E-state index is -0.123. The highest BCUT2D eigenvalue weighted by atomic mass is 16.5. The van der Waals surface area contributed by atoms with E-state index in [-0.39, 0.29) is 5.60 Å². The number of carbonyl (C=O) groups excluding carboxylic acids is 1. The van der Waals surface area contributed by atoms with Gasteiger partial charge in [0, 0.05) is 0 Å². The Morgan fingerprint density at radius 1 is 1.44 bits per heavy atom. The smallest absolute Gasteiger partial charge is 0.293 e. The van der Waals surface area contributed by atoms with Crippen LogP contribution in [-0.4, -0.2) is 12.1 Å².